The van der Waals surface area contributed by atoms with Crippen LogP contribution in [-0.2, 0) is 0 Å². The number of thiophene rings is 1. The van der Waals surface area contributed by atoms with Crippen molar-refractivity contribution in [3.63, 3.8) is 0 Å². The molecule has 2 aromatic heterocycles. The van der Waals surface area contributed by atoms with Crippen LogP contribution in [0.3, 0.4) is 0 Å². The fraction of sp³-hybridized carbons (Fsp3) is 0. The second kappa shape index (κ2) is 5.34. The molecule has 0 saturated carbocycles. The third kappa shape index (κ3) is 2.72. The molecular weight excluding hydrogens is 278 g/mol. The Labute approximate surface area is 118 Å². The molecule has 0 aliphatic carbocycles. The zero-order chi connectivity index (χ0) is 13.1. The van der Waals surface area contributed by atoms with Crippen LogP contribution in [-0.4, -0.2) is 11.0 Å². The number of benzene rings is 1. The highest BCUT2D eigenvalue weighted by Gasteiger charge is 2.14. The lowest BCUT2D eigenvalue weighted by atomic mass is 10.3. The average Bonchev–Trinajstić information content (AvgIpc) is 3.11. The Kier molecular flexibility index (Phi) is 3.39. The summed E-state index contributed by atoms with van der Waals surface area (Å²) in [6.45, 7) is 0. The van der Waals surface area contributed by atoms with Crippen LogP contribution in [0.1, 0.15) is 10.5 Å². The standard InChI is InChI=1S/C14H9NO2S2/c16-14(17-11-4-2-1-3-5-11)12-9-19-13(15-12)10-6-7-18-8-10/h1-9H. The molecule has 0 amide bonds. The molecule has 5 heteroatoms. The lowest BCUT2D eigenvalue weighted by molar-refractivity contribution is 0.0729. The van der Waals surface area contributed by atoms with E-state index in [4.69, 9.17) is 4.74 Å². The van der Waals surface area contributed by atoms with Crippen molar-refractivity contribution in [3.8, 4) is 16.3 Å². The summed E-state index contributed by atoms with van der Waals surface area (Å²) in [6, 6.07) is 11.0. The van der Waals surface area contributed by atoms with Gasteiger partial charge in [-0.05, 0) is 23.6 Å². The molecule has 0 bridgehead atoms. The Bertz CT molecular complexity index is 675. The largest absolute Gasteiger partial charge is 0.422 e. The van der Waals surface area contributed by atoms with Crippen LogP contribution in [0.25, 0.3) is 10.6 Å². The quantitative estimate of drug-likeness (QED) is 0.538. The summed E-state index contributed by atoms with van der Waals surface area (Å²) in [5.74, 6) is 0.0986. The van der Waals surface area contributed by atoms with Crippen molar-refractivity contribution in [1.29, 1.82) is 0 Å². The SMILES string of the molecule is O=C(Oc1ccccc1)c1csc(-c2ccsc2)n1. The van der Waals surface area contributed by atoms with Crippen molar-refractivity contribution in [2.24, 2.45) is 0 Å². The summed E-state index contributed by atoms with van der Waals surface area (Å²) < 4.78 is 5.24. The highest BCUT2D eigenvalue weighted by molar-refractivity contribution is 7.14. The molecule has 0 radical (unpaired) electrons. The molecule has 2 heterocycles. The Morgan fingerprint density at radius 2 is 1.95 bits per heavy atom. The first-order valence-corrected chi connectivity index (χ1v) is 7.40. The molecule has 3 aromatic rings. The number of carbonyl (C=O) groups is 1. The zero-order valence-electron chi connectivity index (χ0n) is 9.78. The van der Waals surface area contributed by atoms with Crippen molar-refractivity contribution < 1.29 is 9.53 Å². The predicted molar refractivity (Wildman–Crippen MR) is 76.8 cm³/mol. The van der Waals surface area contributed by atoms with Crippen LogP contribution in [0.4, 0.5) is 0 Å². The summed E-state index contributed by atoms with van der Waals surface area (Å²) in [4.78, 5) is 16.2. The van der Waals surface area contributed by atoms with Gasteiger partial charge in [0.2, 0.25) is 0 Å². The highest BCUT2D eigenvalue weighted by atomic mass is 32.1. The Morgan fingerprint density at radius 1 is 1.11 bits per heavy atom. The molecule has 0 aliphatic heterocycles. The van der Waals surface area contributed by atoms with Crippen LogP contribution in [0.15, 0.2) is 52.5 Å². The minimum atomic E-state index is -0.427. The summed E-state index contributed by atoms with van der Waals surface area (Å²) in [5, 5.41) is 6.54. The number of hydrogen-bond acceptors (Lipinski definition) is 5. The number of thiazole rings is 1. The molecule has 0 N–H and O–H groups in total. The minimum Gasteiger partial charge on any atom is -0.422 e. The van der Waals surface area contributed by atoms with Gasteiger partial charge < -0.3 is 4.74 Å². The fourth-order valence-corrected chi connectivity index (χ4v) is 3.04. The van der Waals surface area contributed by atoms with Gasteiger partial charge in [-0.2, -0.15) is 11.3 Å². The van der Waals surface area contributed by atoms with E-state index in [9.17, 15) is 4.79 Å². The van der Waals surface area contributed by atoms with E-state index in [1.54, 1.807) is 28.8 Å². The zero-order valence-corrected chi connectivity index (χ0v) is 11.4. The van der Waals surface area contributed by atoms with Gasteiger partial charge in [0.05, 0.1) is 0 Å². The number of carbonyl (C=O) groups excluding carboxylic acids is 1. The first-order chi connectivity index (χ1) is 9.33. The summed E-state index contributed by atoms with van der Waals surface area (Å²) in [5.41, 5.74) is 1.38. The van der Waals surface area contributed by atoms with Gasteiger partial charge >= 0.3 is 5.97 Å². The van der Waals surface area contributed by atoms with Crippen molar-refractivity contribution in [3.05, 3.63) is 58.2 Å². The number of esters is 1. The van der Waals surface area contributed by atoms with Crippen LogP contribution < -0.4 is 4.74 Å². The maximum Gasteiger partial charge on any atom is 0.363 e. The first-order valence-electron chi connectivity index (χ1n) is 5.58. The average molecular weight is 287 g/mol. The highest BCUT2D eigenvalue weighted by Crippen LogP contribution is 2.26. The number of nitrogens with zero attached hydrogens (tertiary/aromatic N) is 1. The van der Waals surface area contributed by atoms with Crippen molar-refractivity contribution >= 4 is 28.6 Å². The maximum absolute atomic E-state index is 11.9. The second-order valence-electron chi connectivity index (χ2n) is 3.75. The lowest BCUT2D eigenvalue weighted by Gasteiger charge is -2.00. The summed E-state index contributed by atoms with van der Waals surface area (Å²) >= 11 is 3.05. The van der Waals surface area contributed by atoms with Crippen molar-refractivity contribution in [1.82, 2.24) is 4.98 Å². The van der Waals surface area contributed by atoms with E-state index in [1.165, 1.54) is 11.3 Å². The van der Waals surface area contributed by atoms with Gasteiger partial charge in [-0.15, -0.1) is 11.3 Å². The fourth-order valence-electron chi connectivity index (χ4n) is 1.53. The van der Waals surface area contributed by atoms with Gasteiger partial charge in [-0.1, -0.05) is 18.2 Å². The lowest BCUT2D eigenvalue weighted by Crippen LogP contribution is -2.08. The molecule has 3 nitrogen and oxygen atoms in total. The third-order valence-electron chi connectivity index (χ3n) is 2.44. The van der Waals surface area contributed by atoms with Gasteiger partial charge in [0.15, 0.2) is 5.69 Å². The number of rotatable bonds is 3. The molecule has 94 valence electrons. The van der Waals surface area contributed by atoms with Crippen LogP contribution in [0.5, 0.6) is 5.75 Å². The van der Waals surface area contributed by atoms with Gasteiger partial charge in [0, 0.05) is 16.3 Å². The van der Waals surface area contributed by atoms with E-state index in [2.05, 4.69) is 4.98 Å². The molecule has 0 saturated heterocycles. The van der Waals surface area contributed by atoms with E-state index in [0.29, 0.717) is 11.4 Å². The topological polar surface area (TPSA) is 39.2 Å². The van der Waals surface area contributed by atoms with E-state index < -0.39 is 5.97 Å². The monoisotopic (exact) mass is 287 g/mol. The molecule has 19 heavy (non-hydrogen) atoms. The smallest absolute Gasteiger partial charge is 0.363 e. The summed E-state index contributed by atoms with van der Waals surface area (Å²) in [7, 11) is 0. The van der Waals surface area contributed by atoms with E-state index in [0.717, 1.165) is 10.6 Å². The minimum absolute atomic E-state index is 0.343. The Balaban J connectivity index is 1.78. The molecule has 3 rings (SSSR count). The number of hydrogen-bond donors (Lipinski definition) is 0. The molecule has 0 spiro atoms. The molecule has 1 aromatic carbocycles. The van der Waals surface area contributed by atoms with Gasteiger partial charge in [-0.25, -0.2) is 9.78 Å². The van der Waals surface area contributed by atoms with Gasteiger partial charge in [0.1, 0.15) is 10.8 Å². The first kappa shape index (κ1) is 12.1. The maximum atomic E-state index is 11.9. The summed E-state index contributed by atoms with van der Waals surface area (Å²) in [6.07, 6.45) is 0. The van der Waals surface area contributed by atoms with Crippen molar-refractivity contribution in [2.45, 2.75) is 0 Å². The van der Waals surface area contributed by atoms with Gasteiger partial charge in [-0.3, -0.25) is 0 Å². The van der Waals surface area contributed by atoms with Crippen LogP contribution in [0.2, 0.25) is 0 Å². The third-order valence-corrected chi connectivity index (χ3v) is 4.01. The van der Waals surface area contributed by atoms with Gasteiger partial charge in [0.25, 0.3) is 0 Å². The molecule has 0 fully saturated rings. The van der Waals surface area contributed by atoms with Crippen LogP contribution in [0, 0.1) is 0 Å². The normalized spacial score (nSPS) is 10.3. The second-order valence-corrected chi connectivity index (χ2v) is 5.39. The molecule has 0 unspecified atom stereocenters. The van der Waals surface area contributed by atoms with Crippen molar-refractivity contribution in [2.75, 3.05) is 0 Å². The van der Waals surface area contributed by atoms with E-state index in [1.807, 2.05) is 35.0 Å². The molecule has 0 aliphatic rings. The Hall–Kier alpha value is -1.98. The van der Waals surface area contributed by atoms with E-state index >= 15 is 0 Å². The number of para-hydroxylation sites is 1. The van der Waals surface area contributed by atoms with E-state index in [-0.39, 0.29) is 0 Å². The molecular formula is C14H9NO2S2. The number of aromatic nitrogens is 1. The predicted octanol–water partition coefficient (Wildman–Crippen LogP) is 4.09. The molecule has 0 atom stereocenters. The number of ether oxygens (including phenoxy) is 1. The Morgan fingerprint density at radius 3 is 2.68 bits per heavy atom. The van der Waals surface area contributed by atoms with Crippen LogP contribution >= 0.6 is 22.7 Å².